The van der Waals surface area contributed by atoms with E-state index in [1.54, 1.807) is 0 Å². The summed E-state index contributed by atoms with van der Waals surface area (Å²) in [5.74, 6) is -1.60. The lowest BCUT2D eigenvalue weighted by molar-refractivity contribution is -0.152. The van der Waals surface area contributed by atoms with Crippen LogP contribution in [-0.4, -0.2) is 36.2 Å². The largest absolute Gasteiger partial charge is 0.481 e. The first-order valence-electron chi connectivity index (χ1n) is 11.3. The molecule has 7 rings (SSSR count). The molecule has 2 atom stereocenters. The minimum atomic E-state index is -0.789. The maximum Gasteiger partial charge on any atom is 0.307 e. The number of carbonyl (C=O) groups is 1. The number of hydrogen-bond acceptors (Lipinski definition) is 5. The molecule has 4 aliphatic carbocycles. The Kier molecular flexibility index (Phi) is 5.37. The van der Waals surface area contributed by atoms with Crippen molar-refractivity contribution < 1.29 is 18.7 Å². The lowest BCUT2D eigenvalue weighted by atomic mass is 9.57. The minimum absolute atomic E-state index is 0. The van der Waals surface area contributed by atoms with Gasteiger partial charge in [-0.1, -0.05) is 7.43 Å². The van der Waals surface area contributed by atoms with Crippen molar-refractivity contribution in [3.8, 4) is 11.5 Å². The van der Waals surface area contributed by atoms with Crippen LogP contribution < -0.4 is 0 Å². The Morgan fingerprint density at radius 3 is 2.52 bits per heavy atom. The Morgan fingerprint density at radius 1 is 1.09 bits per heavy atom. The van der Waals surface area contributed by atoms with Crippen LogP contribution in [0.3, 0.4) is 0 Å². The highest BCUT2D eigenvalue weighted by Gasteiger charge is 2.47. The van der Waals surface area contributed by atoms with Crippen molar-refractivity contribution in [2.24, 2.45) is 23.7 Å². The lowest BCUT2D eigenvalue weighted by Crippen LogP contribution is -2.45. The van der Waals surface area contributed by atoms with Crippen molar-refractivity contribution >= 4 is 17.0 Å². The second kappa shape index (κ2) is 8.11. The number of hydrogen-bond donors (Lipinski definition) is 2. The molecule has 0 amide bonds. The molecule has 4 saturated carbocycles. The van der Waals surface area contributed by atoms with Gasteiger partial charge in [-0.25, -0.2) is 23.7 Å². The topological polar surface area (TPSA) is 105 Å². The van der Waals surface area contributed by atoms with Gasteiger partial charge in [0.1, 0.15) is 11.5 Å². The van der Waals surface area contributed by atoms with E-state index < -0.39 is 23.5 Å². The molecule has 0 aromatic carbocycles. The van der Waals surface area contributed by atoms with Gasteiger partial charge in [0.15, 0.2) is 17.3 Å². The fourth-order valence-electron chi connectivity index (χ4n) is 5.91. The quantitative estimate of drug-likeness (QED) is 0.568. The van der Waals surface area contributed by atoms with Gasteiger partial charge < -0.3 is 5.11 Å². The molecule has 33 heavy (non-hydrogen) atoms. The standard InChI is InChI=1S/C23H23F2N5O2.CH4/c24-13-7-15-20(29-30-21(15)26-9-13)22-27-16(18(25)19(28-22)12-5-6-12)8-14-10-1-3-11(4-2-10)17(14)23(31)32;/h7,9-12,14,17H,1-6,8H2,(H,31,32)(H,26,29,30);1H4/t10?,11?,14-,17-;/m0./s1. The molecule has 4 aliphatic rings. The van der Waals surface area contributed by atoms with Crippen LogP contribution in [0.4, 0.5) is 8.78 Å². The molecule has 3 aromatic rings. The van der Waals surface area contributed by atoms with Crippen LogP contribution in [-0.2, 0) is 11.2 Å². The van der Waals surface area contributed by atoms with Gasteiger partial charge in [-0.05, 0) is 68.8 Å². The Morgan fingerprint density at radius 2 is 1.82 bits per heavy atom. The smallest absolute Gasteiger partial charge is 0.307 e. The molecule has 174 valence electrons. The number of nitrogens with one attached hydrogen (secondary N) is 1. The van der Waals surface area contributed by atoms with Crippen LogP contribution >= 0.6 is 0 Å². The summed E-state index contributed by atoms with van der Waals surface area (Å²) in [4.78, 5) is 25.1. The van der Waals surface area contributed by atoms with E-state index in [9.17, 15) is 14.3 Å². The van der Waals surface area contributed by atoms with Gasteiger partial charge in [-0.3, -0.25) is 9.89 Å². The molecule has 9 heteroatoms. The zero-order chi connectivity index (χ0) is 22.0. The van der Waals surface area contributed by atoms with Crippen molar-refractivity contribution in [3.63, 3.8) is 0 Å². The highest BCUT2D eigenvalue weighted by atomic mass is 19.1. The van der Waals surface area contributed by atoms with Gasteiger partial charge in [-0.15, -0.1) is 0 Å². The van der Waals surface area contributed by atoms with E-state index in [0.29, 0.717) is 22.4 Å². The van der Waals surface area contributed by atoms with E-state index in [-0.39, 0.29) is 49.0 Å². The van der Waals surface area contributed by atoms with Crippen LogP contribution in [0.1, 0.15) is 63.3 Å². The third-order valence-corrected chi connectivity index (χ3v) is 7.61. The van der Waals surface area contributed by atoms with Crippen LogP contribution in [0.5, 0.6) is 0 Å². The summed E-state index contributed by atoms with van der Waals surface area (Å²) in [6, 6.07) is 1.31. The summed E-state index contributed by atoms with van der Waals surface area (Å²) < 4.78 is 29.3. The van der Waals surface area contributed by atoms with Crippen LogP contribution in [0.15, 0.2) is 12.3 Å². The van der Waals surface area contributed by atoms with Crippen LogP contribution in [0.25, 0.3) is 22.6 Å². The van der Waals surface area contributed by atoms with Gasteiger partial charge in [-0.2, -0.15) is 5.10 Å². The summed E-state index contributed by atoms with van der Waals surface area (Å²) >= 11 is 0. The Labute approximate surface area is 190 Å². The molecule has 2 bridgehead atoms. The second-order valence-corrected chi connectivity index (χ2v) is 9.50. The summed E-state index contributed by atoms with van der Waals surface area (Å²) in [5.41, 5.74) is 1.35. The number of halogens is 2. The SMILES string of the molecule is C.O=C(O)[C@H]1C2CCC(CC2)[C@@H]1Cc1nc(-c2[nH]nc3ncc(F)cc23)nc(C2CC2)c1F. The van der Waals surface area contributed by atoms with Gasteiger partial charge in [0, 0.05) is 5.92 Å². The normalized spacial score (nSPS) is 26.4. The minimum Gasteiger partial charge on any atom is -0.481 e. The summed E-state index contributed by atoms with van der Waals surface area (Å²) in [5, 5.41) is 17.3. The first kappa shape index (κ1) is 21.9. The Bertz CT molecular complexity index is 1220. The first-order valence-corrected chi connectivity index (χ1v) is 11.3. The fourth-order valence-corrected chi connectivity index (χ4v) is 5.91. The number of fused-ring (bicyclic) bond motifs is 4. The van der Waals surface area contributed by atoms with Gasteiger partial charge in [0.2, 0.25) is 0 Å². The van der Waals surface area contributed by atoms with Crippen molar-refractivity contribution in [1.82, 2.24) is 25.1 Å². The molecule has 0 saturated heterocycles. The zero-order valence-electron chi connectivity index (χ0n) is 17.4. The number of carboxylic acids is 1. The maximum absolute atomic E-state index is 15.5. The van der Waals surface area contributed by atoms with Crippen LogP contribution in [0, 0.1) is 35.3 Å². The van der Waals surface area contributed by atoms with E-state index in [2.05, 4.69) is 25.1 Å². The van der Waals surface area contributed by atoms with Gasteiger partial charge >= 0.3 is 5.97 Å². The lowest BCUT2D eigenvalue weighted by Gasteiger charge is -2.46. The fraction of sp³-hybridized carbons (Fsp3) is 0.542. The predicted octanol–water partition coefficient (Wildman–Crippen LogP) is 4.89. The number of rotatable bonds is 5. The molecule has 0 aliphatic heterocycles. The van der Waals surface area contributed by atoms with E-state index in [4.69, 9.17) is 0 Å². The van der Waals surface area contributed by atoms with E-state index >= 15 is 4.39 Å². The second-order valence-electron chi connectivity index (χ2n) is 9.50. The van der Waals surface area contributed by atoms with E-state index in [1.807, 2.05) is 0 Å². The molecule has 0 spiro atoms. The molecular weight excluding hydrogens is 428 g/mol. The average molecular weight is 456 g/mol. The highest BCUT2D eigenvalue weighted by Crippen LogP contribution is 2.50. The number of aromatic nitrogens is 5. The number of carboxylic acid groups (broad SMARTS) is 1. The highest BCUT2D eigenvalue weighted by molar-refractivity contribution is 5.88. The van der Waals surface area contributed by atoms with Crippen LogP contribution in [0.2, 0.25) is 0 Å². The average Bonchev–Trinajstić information content (AvgIpc) is 3.55. The number of pyridine rings is 1. The maximum atomic E-state index is 15.5. The number of nitrogens with zero attached hydrogens (tertiary/aromatic N) is 4. The van der Waals surface area contributed by atoms with Gasteiger partial charge in [0.05, 0.1) is 28.9 Å². The van der Waals surface area contributed by atoms with Gasteiger partial charge in [0.25, 0.3) is 0 Å². The predicted molar refractivity (Wildman–Crippen MR) is 117 cm³/mol. The summed E-state index contributed by atoms with van der Waals surface area (Å²) in [6.45, 7) is 0. The third-order valence-electron chi connectivity index (χ3n) is 7.61. The van der Waals surface area contributed by atoms with Crippen molar-refractivity contribution in [1.29, 1.82) is 0 Å². The Hall–Kier alpha value is -2.97. The van der Waals surface area contributed by atoms with Crippen molar-refractivity contribution in [2.45, 2.75) is 58.3 Å². The number of aliphatic carboxylic acids is 1. The number of aromatic amines is 1. The molecule has 3 aromatic heterocycles. The third kappa shape index (κ3) is 3.67. The monoisotopic (exact) mass is 455 g/mol. The van der Waals surface area contributed by atoms with E-state index in [1.165, 1.54) is 6.07 Å². The summed E-state index contributed by atoms with van der Waals surface area (Å²) in [6.07, 6.45) is 6.93. The van der Waals surface area contributed by atoms with Crippen molar-refractivity contribution in [2.75, 3.05) is 0 Å². The summed E-state index contributed by atoms with van der Waals surface area (Å²) in [7, 11) is 0. The molecular formula is C24H27F2N5O2. The van der Waals surface area contributed by atoms with Crippen molar-refractivity contribution in [3.05, 3.63) is 35.3 Å². The van der Waals surface area contributed by atoms with E-state index in [0.717, 1.165) is 44.7 Å². The molecule has 3 heterocycles. The molecule has 4 fully saturated rings. The molecule has 0 radical (unpaired) electrons. The molecule has 2 N–H and O–H groups in total. The Balaban J connectivity index is 0.00000228. The zero-order valence-corrected chi connectivity index (χ0v) is 17.4. The molecule has 0 unspecified atom stereocenters. The first-order chi connectivity index (χ1) is 15.5. The number of H-pyrrole nitrogens is 1. The molecule has 7 nitrogen and oxygen atoms in total.